The lowest BCUT2D eigenvalue weighted by molar-refractivity contribution is -0.292. The lowest BCUT2D eigenvalue weighted by Gasteiger charge is -2.19. The summed E-state index contributed by atoms with van der Waals surface area (Å²) >= 11 is 0.705. The predicted molar refractivity (Wildman–Crippen MR) is 51.2 cm³/mol. The molecule has 0 fully saturated rings. The Balaban J connectivity index is 3.44. The topological polar surface area (TPSA) is 45.8 Å². The maximum absolute atomic E-state index is 13.1. The van der Waals surface area contributed by atoms with Crippen LogP contribution in [0.3, 0.4) is 0 Å². The van der Waals surface area contributed by atoms with Crippen LogP contribution in [0.5, 0.6) is 0 Å². The van der Waals surface area contributed by atoms with E-state index >= 15 is 0 Å². The number of H-pyrrole nitrogens is 1. The molecule has 0 spiro atoms. The number of rotatable bonds is 3. The van der Waals surface area contributed by atoms with Crippen molar-refractivity contribution in [2.75, 3.05) is 5.75 Å². The number of thioether (sulfide) groups is 1. The van der Waals surface area contributed by atoms with Gasteiger partial charge in [-0.25, -0.2) is 4.98 Å². The molecule has 0 aromatic carbocycles. The van der Waals surface area contributed by atoms with Crippen molar-refractivity contribution >= 4 is 11.8 Å². The molecule has 0 aliphatic rings. The Kier molecular flexibility index (Phi) is 3.99. The number of nitrogens with one attached hydrogen (secondary N) is 1. The van der Waals surface area contributed by atoms with Crippen molar-refractivity contribution in [3.63, 3.8) is 0 Å². The Labute approximate surface area is 101 Å². The first-order chi connectivity index (χ1) is 8.11. The minimum atomic E-state index is -6.03. The van der Waals surface area contributed by atoms with Gasteiger partial charge in [0.2, 0.25) is 5.82 Å². The molecule has 102 valence electrons. The van der Waals surface area contributed by atoms with E-state index in [2.05, 4.69) is 4.98 Å². The molecule has 0 aliphatic carbocycles. The van der Waals surface area contributed by atoms with E-state index in [-0.39, 0.29) is 5.75 Å². The Morgan fingerprint density at radius 3 is 2.28 bits per heavy atom. The molecule has 1 rings (SSSR count). The summed E-state index contributed by atoms with van der Waals surface area (Å²) in [5, 5.41) is -0.497. The van der Waals surface area contributed by atoms with Gasteiger partial charge in [0.05, 0.1) is 0 Å². The van der Waals surface area contributed by atoms with Gasteiger partial charge in [-0.1, -0.05) is 18.7 Å². The first-order valence-electron chi connectivity index (χ1n) is 4.49. The largest absolute Gasteiger partial charge is 0.459 e. The van der Waals surface area contributed by atoms with Gasteiger partial charge < -0.3 is 0 Å². The van der Waals surface area contributed by atoms with Crippen LogP contribution in [0.25, 0.3) is 0 Å². The minimum absolute atomic E-state index is 0.256. The Morgan fingerprint density at radius 1 is 1.28 bits per heavy atom. The lowest BCUT2D eigenvalue weighted by Crippen LogP contribution is -2.37. The van der Waals surface area contributed by atoms with Crippen LogP contribution < -0.4 is 5.56 Å². The molecule has 0 saturated heterocycles. The van der Waals surface area contributed by atoms with Crippen molar-refractivity contribution in [3.05, 3.63) is 21.9 Å². The molecule has 10 heteroatoms. The molecule has 1 aromatic heterocycles. The highest BCUT2D eigenvalue weighted by Gasteiger charge is 2.61. The third kappa shape index (κ3) is 2.62. The van der Waals surface area contributed by atoms with E-state index in [0.717, 1.165) is 0 Å². The zero-order chi connectivity index (χ0) is 14.1. The summed E-state index contributed by atoms with van der Waals surface area (Å²) in [5.74, 6) is -7.50. The van der Waals surface area contributed by atoms with Crippen molar-refractivity contribution in [3.8, 4) is 0 Å². The molecular weight excluding hydrogens is 286 g/mol. The van der Waals surface area contributed by atoms with E-state index in [0.29, 0.717) is 11.8 Å². The van der Waals surface area contributed by atoms with Gasteiger partial charge in [0.1, 0.15) is 0 Å². The predicted octanol–water partition coefficient (Wildman–Crippen LogP) is 2.68. The van der Waals surface area contributed by atoms with Gasteiger partial charge in [-0.2, -0.15) is 26.3 Å². The van der Waals surface area contributed by atoms with Crippen LogP contribution in [0.1, 0.15) is 12.6 Å². The summed E-state index contributed by atoms with van der Waals surface area (Å²) in [5.41, 5.74) is -3.88. The quantitative estimate of drug-likeness (QED) is 0.529. The maximum Gasteiger partial charge on any atom is 0.459 e. The van der Waals surface area contributed by atoms with Gasteiger partial charge >= 0.3 is 12.1 Å². The summed E-state index contributed by atoms with van der Waals surface area (Å²) in [6, 6.07) is 0. The summed E-state index contributed by atoms with van der Waals surface area (Å²) < 4.78 is 75.1. The highest BCUT2D eigenvalue weighted by Crippen LogP contribution is 2.43. The summed E-state index contributed by atoms with van der Waals surface area (Å²) in [6.07, 6.45) is -6.03. The van der Waals surface area contributed by atoms with Crippen LogP contribution in [0.15, 0.2) is 9.95 Å². The van der Waals surface area contributed by atoms with Crippen LogP contribution in [0.4, 0.5) is 26.3 Å². The molecule has 0 saturated carbocycles. The second-order valence-electron chi connectivity index (χ2n) is 3.04. The highest BCUT2D eigenvalue weighted by molar-refractivity contribution is 7.99. The Hall–Kier alpha value is -1.19. The number of hydrogen-bond donors (Lipinski definition) is 1. The number of hydrogen-bond acceptors (Lipinski definition) is 3. The molecule has 0 atom stereocenters. The second kappa shape index (κ2) is 4.82. The molecule has 0 amide bonds. The molecule has 0 unspecified atom stereocenters. The normalized spacial score (nSPS) is 12.8. The van der Waals surface area contributed by atoms with Crippen LogP contribution in [0.2, 0.25) is 0 Å². The van der Waals surface area contributed by atoms with Crippen molar-refractivity contribution in [1.29, 1.82) is 0 Å². The molecular formula is C8H6F6N2OS. The average molecular weight is 292 g/mol. The van der Waals surface area contributed by atoms with Gasteiger partial charge in [-0.3, -0.25) is 9.78 Å². The minimum Gasteiger partial charge on any atom is -0.299 e. The third-order valence-electron chi connectivity index (χ3n) is 1.78. The number of alkyl halides is 5. The fourth-order valence-corrected chi connectivity index (χ4v) is 1.58. The summed E-state index contributed by atoms with van der Waals surface area (Å²) in [4.78, 5) is 15.5. The first-order valence-corrected chi connectivity index (χ1v) is 5.47. The molecule has 3 nitrogen and oxygen atoms in total. The van der Waals surface area contributed by atoms with E-state index in [4.69, 9.17) is 0 Å². The molecule has 18 heavy (non-hydrogen) atoms. The van der Waals surface area contributed by atoms with Crippen LogP contribution in [0, 0.1) is 5.82 Å². The molecule has 0 aliphatic heterocycles. The fraction of sp³-hybridized carbons (Fsp3) is 0.500. The van der Waals surface area contributed by atoms with E-state index in [1.165, 1.54) is 0 Å². The molecule has 0 bridgehead atoms. The summed E-state index contributed by atoms with van der Waals surface area (Å²) in [6.45, 7) is 1.55. The second-order valence-corrected chi connectivity index (χ2v) is 4.29. The van der Waals surface area contributed by atoms with E-state index in [1.807, 2.05) is 0 Å². The van der Waals surface area contributed by atoms with E-state index in [9.17, 15) is 31.1 Å². The van der Waals surface area contributed by atoms with Gasteiger partial charge in [0, 0.05) is 0 Å². The van der Waals surface area contributed by atoms with Gasteiger partial charge in [0.25, 0.3) is 5.56 Å². The van der Waals surface area contributed by atoms with Crippen molar-refractivity contribution in [1.82, 2.24) is 9.97 Å². The van der Waals surface area contributed by atoms with Gasteiger partial charge in [0.15, 0.2) is 10.9 Å². The SMILES string of the molecule is CCSc1nc(C(F)(F)C(F)(F)F)c(F)c(=O)[nH]1. The third-order valence-corrected chi connectivity index (χ3v) is 2.53. The summed E-state index contributed by atoms with van der Waals surface area (Å²) in [7, 11) is 0. The molecule has 1 aromatic rings. The molecule has 1 N–H and O–H groups in total. The number of aromatic amines is 1. The van der Waals surface area contributed by atoms with Crippen molar-refractivity contribution < 1.29 is 26.3 Å². The Bertz CT molecular complexity index is 497. The van der Waals surface area contributed by atoms with E-state index < -0.39 is 34.3 Å². The number of aromatic nitrogens is 2. The number of halogens is 6. The Morgan fingerprint density at radius 2 is 1.83 bits per heavy atom. The number of nitrogens with zero attached hydrogens (tertiary/aromatic N) is 1. The smallest absolute Gasteiger partial charge is 0.299 e. The lowest BCUT2D eigenvalue weighted by atomic mass is 10.2. The van der Waals surface area contributed by atoms with Gasteiger partial charge in [-0.05, 0) is 5.75 Å². The standard InChI is InChI=1S/C8H6F6N2OS/c1-2-18-6-15-4(3(9)5(17)16-6)7(10,11)8(12,13)14/h2H2,1H3,(H,15,16,17). The van der Waals surface area contributed by atoms with Crippen LogP contribution in [-0.2, 0) is 5.92 Å². The zero-order valence-electron chi connectivity index (χ0n) is 8.74. The fourth-order valence-electron chi connectivity index (χ4n) is 0.985. The van der Waals surface area contributed by atoms with Crippen molar-refractivity contribution in [2.45, 2.75) is 24.2 Å². The monoisotopic (exact) mass is 292 g/mol. The first kappa shape index (κ1) is 14.9. The van der Waals surface area contributed by atoms with E-state index in [1.54, 1.807) is 11.9 Å². The maximum atomic E-state index is 13.1. The van der Waals surface area contributed by atoms with Crippen LogP contribution >= 0.6 is 11.8 Å². The van der Waals surface area contributed by atoms with Gasteiger partial charge in [-0.15, -0.1) is 0 Å². The zero-order valence-corrected chi connectivity index (χ0v) is 9.56. The highest BCUT2D eigenvalue weighted by atomic mass is 32.2. The van der Waals surface area contributed by atoms with Crippen LogP contribution in [-0.4, -0.2) is 21.9 Å². The average Bonchev–Trinajstić information content (AvgIpc) is 2.21. The molecule has 0 radical (unpaired) electrons. The molecule has 1 heterocycles. The van der Waals surface area contributed by atoms with Crippen molar-refractivity contribution in [2.24, 2.45) is 0 Å².